The number of aliphatic hydroxyl groups is 4. The monoisotopic (exact) mass is 405 g/mol. The van der Waals surface area contributed by atoms with Gasteiger partial charge in [-0.1, -0.05) is 13.3 Å². The van der Waals surface area contributed by atoms with Crippen molar-refractivity contribution < 1.29 is 39.4 Å². The molecular formula is C19H35NO8. The summed E-state index contributed by atoms with van der Waals surface area (Å²) in [6, 6.07) is -0.160. The Labute approximate surface area is 166 Å². The van der Waals surface area contributed by atoms with Crippen LogP contribution in [0.2, 0.25) is 0 Å². The summed E-state index contributed by atoms with van der Waals surface area (Å²) in [5.41, 5.74) is 0. The van der Waals surface area contributed by atoms with Gasteiger partial charge in [-0.3, -0.25) is 4.79 Å². The second kappa shape index (κ2) is 11.4. The van der Waals surface area contributed by atoms with Gasteiger partial charge in [-0.15, -0.1) is 0 Å². The highest BCUT2D eigenvalue weighted by molar-refractivity contribution is 5.76. The molecule has 0 aliphatic carbocycles. The molecule has 2 fully saturated rings. The Balaban J connectivity index is 1.63. The molecule has 0 saturated carbocycles. The number of aliphatic hydroxyl groups excluding tert-OH is 4. The molecule has 0 radical (unpaired) electrons. The summed E-state index contributed by atoms with van der Waals surface area (Å²) in [5, 5.41) is 38.5. The van der Waals surface area contributed by atoms with E-state index >= 15 is 0 Å². The van der Waals surface area contributed by atoms with Crippen molar-refractivity contribution in [1.29, 1.82) is 0 Å². The molecule has 7 atom stereocenters. The van der Waals surface area contributed by atoms with Crippen LogP contribution in [0.25, 0.3) is 0 Å². The van der Waals surface area contributed by atoms with Crippen LogP contribution < -0.4 is 0 Å². The zero-order chi connectivity index (χ0) is 20.7. The zero-order valence-electron chi connectivity index (χ0n) is 16.8. The Bertz CT molecular complexity index is 477. The lowest BCUT2D eigenvalue weighted by atomic mass is 9.92. The second-order valence-electron chi connectivity index (χ2n) is 7.72. The summed E-state index contributed by atoms with van der Waals surface area (Å²) in [5.74, 6) is -0.370. The van der Waals surface area contributed by atoms with Gasteiger partial charge in [-0.25, -0.2) is 0 Å². The van der Waals surface area contributed by atoms with E-state index < -0.39 is 30.5 Å². The van der Waals surface area contributed by atoms with Gasteiger partial charge in [-0.2, -0.15) is 0 Å². The van der Waals surface area contributed by atoms with E-state index in [-0.39, 0.29) is 31.3 Å². The minimum absolute atomic E-state index is 0.0106. The van der Waals surface area contributed by atoms with Crippen LogP contribution >= 0.6 is 0 Å². The molecule has 9 nitrogen and oxygen atoms in total. The van der Waals surface area contributed by atoms with Crippen LogP contribution in [0.3, 0.4) is 0 Å². The number of carbonyl (C=O) groups is 1. The number of rotatable bonds is 10. The normalized spacial score (nSPS) is 36.1. The van der Waals surface area contributed by atoms with E-state index in [1.165, 1.54) is 0 Å². The standard InChI is InChI=1S/C19H35NO8/c1-12-17(24)18(25)15(11-22)28-19(12)27-7-5-3-4-6-16(23)20-9-14(26-2)8-13(20)10-21/h12-15,17-19,21-22,24-25H,3-11H2,1-2H3/t12-,13-,14+,15?,17?,18-,19?/m0/s1. The number of ether oxygens (including phenoxy) is 3. The van der Waals surface area contributed by atoms with Gasteiger partial charge < -0.3 is 39.5 Å². The molecule has 2 rings (SSSR count). The minimum Gasteiger partial charge on any atom is -0.394 e. The van der Waals surface area contributed by atoms with E-state index in [1.807, 2.05) is 0 Å². The average Bonchev–Trinajstić information content (AvgIpc) is 3.13. The molecular weight excluding hydrogens is 370 g/mol. The van der Waals surface area contributed by atoms with Crippen molar-refractivity contribution in [3.63, 3.8) is 0 Å². The molecule has 0 spiro atoms. The first kappa shape index (κ1) is 23.5. The SMILES string of the molecule is CO[C@@H]1C[C@@H](CO)N(C(=O)CCCCCOC2OC(CO)[C@H](O)C(O)[C@@H]2C)C1. The predicted molar refractivity (Wildman–Crippen MR) is 99.3 cm³/mol. The molecule has 3 unspecified atom stereocenters. The number of hydrogen-bond acceptors (Lipinski definition) is 8. The summed E-state index contributed by atoms with van der Waals surface area (Å²) >= 11 is 0. The highest BCUT2D eigenvalue weighted by Gasteiger charge is 2.42. The van der Waals surface area contributed by atoms with E-state index in [1.54, 1.807) is 18.9 Å². The summed E-state index contributed by atoms with van der Waals surface area (Å²) in [6.07, 6.45) is -0.356. The van der Waals surface area contributed by atoms with Crippen LogP contribution in [0, 0.1) is 5.92 Å². The Morgan fingerprint density at radius 2 is 1.89 bits per heavy atom. The van der Waals surface area contributed by atoms with Gasteiger partial charge in [-0.05, 0) is 19.3 Å². The van der Waals surface area contributed by atoms with Crippen molar-refractivity contribution in [2.24, 2.45) is 5.92 Å². The molecule has 0 bridgehead atoms. The minimum atomic E-state index is -1.13. The maximum atomic E-state index is 12.4. The summed E-state index contributed by atoms with van der Waals surface area (Å²) in [4.78, 5) is 14.1. The molecule has 9 heteroatoms. The third-order valence-electron chi connectivity index (χ3n) is 5.75. The Kier molecular flexibility index (Phi) is 9.55. The van der Waals surface area contributed by atoms with Crippen molar-refractivity contribution in [3.05, 3.63) is 0 Å². The second-order valence-corrected chi connectivity index (χ2v) is 7.72. The fraction of sp³-hybridized carbons (Fsp3) is 0.947. The molecule has 2 heterocycles. The number of methoxy groups -OCH3 is 1. The van der Waals surface area contributed by atoms with Crippen LogP contribution in [0.4, 0.5) is 0 Å². The molecule has 0 aromatic carbocycles. The maximum Gasteiger partial charge on any atom is 0.222 e. The van der Waals surface area contributed by atoms with Gasteiger partial charge >= 0.3 is 0 Å². The third-order valence-corrected chi connectivity index (χ3v) is 5.75. The van der Waals surface area contributed by atoms with Gasteiger partial charge in [0, 0.05) is 32.6 Å². The number of carbonyl (C=O) groups excluding carboxylic acids is 1. The van der Waals surface area contributed by atoms with Crippen molar-refractivity contribution in [2.75, 3.05) is 33.5 Å². The molecule has 2 aliphatic heterocycles. The predicted octanol–water partition coefficient (Wildman–Crippen LogP) is -0.753. The quantitative estimate of drug-likeness (QED) is 0.349. The fourth-order valence-corrected chi connectivity index (χ4v) is 3.83. The molecule has 28 heavy (non-hydrogen) atoms. The van der Waals surface area contributed by atoms with Crippen LogP contribution in [0.5, 0.6) is 0 Å². The highest BCUT2D eigenvalue weighted by Crippen LogP contribution is 2.27. The van der Waals surface area contributed by atoms with Crippen LogP contribution in [-0.4, -0.2) is 101 Å². The lowest BCUT2D eigenvalue weighted by Crippen LogP contribution is -2.55. The average molecular weight is 405 g/mol. The van der Waals surface area contributed by atoms with Gasteiger partial charge in [0.1, 0.15) is 12.2 Å². The number of amides is 1. The maximum absolute atomic E-state index is 12.4. The molecule has 0 aromatic heterocycles. The molecule has 164 valence electrons. The Hall–Kier alpha value is -0.810. The number of likely N-dealkylation sites (tertiary alicyclic amines) is 1. The molecule has 2 aliphatic rings. The largest absolute Gasteiger partial charge is 0.394 e. The first-order valence-electron chi connectivity index (χ1n) is 10.1. The molecule has 2 saturated heterocycles. The van der Waals surface area contributed by atoms with E-state index in [9.17, 15) is 25.2 Å². The topological polar surface area (TPSA) is 129 Å². The van der Waals surface area contributed by atoms with Gasteiger partial charge in [0.05, 0.1) is 31.5 Å². The van der Waals surface area contributed by atoms with E-state index in [4.69, 9.17) is 14.2 Å². The number of unbranched alkanes of at least 4 members (excludes halogenated alkanes) is 2. The third kappa shape index (κ3) is 5.85. The first-order valence-corrected chi connectivity index (χ1v) is 10.1. The number of nitrogens with zero attached hydrogens (tertiary/aromatic N) is 1. The van der Waals surface area contributed by atoms with Crippen molar-refractivity contribution in [1.82, 2.24) is 4.90 Å². The smallest absolute Gasteiger partial charge is 0.222 e. The fourth-order valence-electron chi connectivity index (χ4n) is 3.83. The van der Waals surface area contributed by atoms with Crippen molar-refractivity contribution in [2.45, 2.75) is 75.8 Å². The lowest BCUT2D eigenvalue weighted by Gasteiger charge is -2.40. The van der Waals surface area contributed by atoms with E-state index in [0.29, 0.717) is 26.0 Å². The summed E-state index contributed by atoms with van der Waals surface area (Å²) in [7, 11) is 1.62. The van der Waals surface area contributed by atoms with Gasteiger partial charge in [0.2, 0.25) is 5.91 Å². The molecule has 0 aromatic rings. The molecule has 1 amide bonds. The lowest BCUT2D eigenvalue weighted by molar-refractivity contribution is -0.282. The number of hydrogen-bond donors (Lipinski definition) is 4. The molecule has 4 N–H and O–H groups in total. The van der Waals surface area contributed by atoms with Gasteiger partial charge in [0.15, 0.2) is 6.29 Å². The van der Waals surface area contributed by atoms with E-state index in [0.717, 1.165) is 19.3 Å². The van der Waals surface area contributed by atoms with Crippen LogP contribution in [0.1, 0.15) is 39.0 Å². The van der Waals surface area contributed by atoms with Gasteiger partial charge in [0.25, 0.3) is 0 Å². The Morgan fingerprint density at radius 1 is 1.14 bits per heavy atom. The first-order chi connectivity index (χ1) is 13.4. The van der Waals surface area contributed by atoms with E-state index in [2.05, 4.69) is 0 Å². The van der Waals surface area contributed by atoms with Crippen LogP contribution in [-0.2, 0) is 19.0 Å². The Morgan fingerprint density at radius 3 is 2.54 bits per heavy atom. The van der Waals surface area contributed by atoms with Crippen molar-refractivity contribution >= 4 is 5.91 Å². The highest BCUT2D eigenvalue weighted by atomic mass is 16.7. The summed E-state index contributed by atoms with van der Waals surface area (Å²) < 4.78 is 16.5. The van der Waals surface area contributed by atoms with Crippen LogP contribution in [0.15, 0.2) is 0 Å². The summed E-state index contributed by atoms with van der Waals surface area (Å²) in [6.45, 7) is 2.22. The van der Waals surface area contributed by atoms with Crippen molar-refractivity contribution in [3.8, 4) is 0 Å². The zero-order valence-corrected chi connectivity index (χ0v) is 16.8.